The topological polar surface area (TPSA) is 20.2 Å². The molecule has 0 aliphatic heterocycles. The number of hydrogen-bond donors (Lipinski definition) is 1. The Morgan fingerprint density at radius 3 is 1.91 bits per heavy atom. The van der Waals surface area contributed by atoms with Crippen LogP contribution >= 0.6 is 0 Å². The summed E-state index contributed by atoms with van der Waals surface area (Å²) in [5.41, 5.74) is 0. The van der Waals surface area contributed by atoms with Crippen molar-refractivity contribution >= 4 is 0 Å². The number of hydrogen-bond acceptors (Lipinski definition) is 1. The van der Waals surface area contributed by atoms with Gasteiger partial charge >= 0.3 is 0 Å². The zero-order valence-electron chi connectivity index (χ0n) is 7.55. The smallest absolute Gasteiger partial charge is 0.115 e. The van der Waals surface area contributed by atoms with E-state index in [1.807, 2.05) is 0 Å². The van der Waals surface area contributed by atoms with Crippen molar-refractivity contribution in [1.82, 2.24) is 0 Å². The van der Waals surface area contributed by atoms with Gasteiger partial charge in [0.1, 0.15) is 12.1 Å². The molecule has 2 unspecified atom stereocenters. The van der Waals surface area contributed by atoms with E-state index in [4.69, 9.17) is 0 Å². The Bertz CT molecular complexity index is 122. The zero-order chi connectivity index (χ0) is 7.78. The molecule has 0 aromatic rings. The lowest BCUT2D eigenvalue weighted by atomic mass is 10.2. The van der Waals surface area contributed by atoms with Gasteiger partial charge in [-0.3, -0.25) is 0 Å². The van der Waals surface area contributed by atoms with Crippen LogP contribution in [0, 0.1) is 0 Å². The highest BCUT2D eigenvalue weighted by Crippen LogP contribution is 2.25. The van der Waals surface area contributed by atoms with Gasteiger partial charge in [-0.2, -0.15) is 0 Å². The van der Waals surface area contributed by atoms with Gasteiger partial charge in [0.2, 0.25) is 0 Å². The van der Waals surface area contributed by atoms with Crippen LogP contribution in [0.4, 0.5) is 0 Å². The number of nitrogens with zero attached hydrogens (tertiary/aromatic N) is 1. The molecule has 1 aliphatic rings. The van der Waals surface area contributed by atoms with Crippen molar-refractivity contribution in [3.05, 3.63) is 0 Å². The fourth-order valence-corrected chi connectivity index (χ4v) is 1.82. The largest absolute Gasteiger partial charge is 1.00 e. The van der Waals surface area contributed by atoms with E-state index in [0.717, 1.165) is 10.9 Å². The monoisotopic (exact) mass is 223 g/mol. The van der Waals surface area contributed by atoms with E-state index in [-0.39, 0.29) is 23.1 Å². The Labute approximate surface area is 79.6 Å². The first-order chi connectivity index (χ1) is 4.52. The molecule has 0 aromatic heterocycles. The summed E-state index contributed by atoms with van der Waals surface area (Å²) >= 11 is 0. The van der Waals surface area contributed by atoms with Gasteiger partial charge in [-0.15, -0.1) is 0 Å². The van der Waals surface area contributed by atoms with Crippen LogP contribution in [0.1, 0.15) is 19.3 Å². The molecule has 1 saturated carbocycles. The summed E-state index contributed by atoms with van der Waals surface area (Å²) in [7, 11) is 6.46. The number of quaternary nitrogens is 1. The maximum Gasteiger partial charge on any atom is 0.115 e. The van der Waals surface area contributed by atoms with Crippen molar-refractivity contribution in [2.45, 2.75) is 31.4 Å². The number of rotatable bonds is 1. The minimum Gasteiger partial charge on any atom is -1.00 e. The van der Waals surface area contributed by atoms with Crippen LogP contribution in [0.25, 0.3) is 0 Å². The quantitative estimate of drug-likeness (QED) is 0.493. The third-order valence-electron chi connectivity index (χ3n) is 2.44. The van der Waals surface area contributed by atoms with Crippen LogP contribution in [0.5, 0.6) is 0 Å². The summed E-state index contributed by atoms with van der Waals surface area (Å²) in [5.74, 6) is 0. The van der Waals surface area contributed by atoms with Gasteiger partial charge in [-0.25, -0.2) is 0 Å². The summed E-state index contributed by atoms with van der Waals surface area (Å²) < 4.78 is 0.904. The molecular formula is C8H18BrNO. The van der Waals surface area contributed by atoms with Gasteiger partial charge in [0.15, 0.2) is 0 Å². The summed E-state index contributed by atoms with van der Waals surface area (Å²) in [6.07, 6.45) is 3.33. The fourth-order valence-electron chi connectivity index (χ4n) is 1.82. The normalized spacial score (nSPS) is 31.6. The average Bonchev–Trinajstić information content (AvgIpc) is 2.11. The number of aliphatic hydroxyl groups excluding tert-OH is 1. The van der Waals surface area contributed by atoms with Crippen LogP contribution in [0.3, 0.4) is 0 Å². The molecule has 3 heteroatoms. The van der Waals surface area contributed by atoms with Crippen molar-refractivity contribution < 1.29 is 26.6 Å². The molecule has 2 nitrogen and oxygen atoms in total. The Hall–Kier alpha value is 0.400. The maximum absolute atomic E-state index is 9.51. The van der Waals surface area contributed by atoms with E-state index in [1.165, 1.54) is 12.8 Å². The molecule has 1 aliphatic carbocycles. The van der Waals surface area contributed by atoms with Gasteiger partial charge in [-0.05, 0) is 12.8 Å². The molecule has 0 heterocycles. The Kier molecular flexibility index (Phi) is 4.02. The molecule has 1 fully saturated rings. The third-order valence-corrected chi connectivity index (χ3v) is 2.44. The number of likely N-dealkylation sites (N-methyl/N-ethyl adjacent to an activating group) is 1. The van der Waals surface area contributed by atoms with Crippen LogP contribution in [-0.2, 0) is 0 Å². The summed E-state index contributed by atoms with van der Waals surface area (Å²) in [5, 5.41) is 9.51. The first kappa shape index (κ1) is 11.4. The van der Waals surface area contributed by atoms with Crippen LogP contribution < -0.4 is 17.0 Å². The SMILES string of the molecule is C[N+](C)(C)C1CCCC1O.[Br-]. The highest BCUT2D eigenvalue weighted by Gasteiger charge is 2.35. The van der Waals surface area contributed by atoms with E-state index >= 15 is 0 Å². The standard InChI is InChI=1S/C8H18NO.BrH/c1-9(2,3)7-5-4-6-8(7)10;/h7-8,10H,4-6H2,1-3H3;1H/q+1;/p-1. The van der Waals surface area contributed by atoms with Gasteiger partial charge in [0.25, 0.3) is 0 Å². The van der Waals surface area contributed by atoms with Crippen molar-refractivity contribution in [1.29, 1.82) is 0 Å². The molecule has 68 valence electrons. The average molecular weight is 224 g/mol. The van der Waals surface area contributed by atoms with Gasteiger partial charge in [0.05, 0.1) is 21.1 Å². The lowest BCUT2D eigenvalue weighted by Gasteiger charge is -2.33. The lowest BCUT2D eigenvalue weighted by molar-refractivity contribution is -0.898. The van der Waals surface area contributed by atoms with Crippen LogP contribution in [0.15, 0.2) is 0 Å². The highest BCUT2D eigenvalue weighted by atomic mass is 79.9. The predicted molar refractivity (Wildman–Crippen MR) is 41.7 cm³/mol. The van der Waals surface area contributed by atoms with Crippen molar-refractivity contribution in [3.8, 4) is 0 Å². The first-order valence-corrected chi connectivity index (χ1v) is 4.01. The Balaban J connectivity index is 0.000001000. The minimum absolute atomic E-state index is 0. The molecule has 1 N–H and O–H groups in total. The van der Waals surface area contributed by atoms with E-state index in [0.29, 0.717) is 6.04 Å². The lowest BCUT2D eigenvalue weighted by Crippen LogP contribution is -3.00. The summed E-state index contributed by atoms with van der Waals surface area (Å²) in [4.78, 5) is 0. The maximum atomic E-state index is 9.51. The highest BCUT2D eigenvalue weighted by molar-refractivity contribution is 4.76. The Morgan fingerprint density at radius 1 is 1.18 bits per heavy atom. The molecule has 0 amide bonds. The summed E-state index contributed by atoms with van der Waals surface area (Å²) in [6.45, 7) is 0. The van der Waals surface area contributed by atoms with Crippen molar-refractivity contribution in [2.24, 2.45) is 0 Å². The fraction of sp³-hybridized carbons (Fsp3) is 1.00. The second kappa shape index (κ2) is 3.87. The molecule has 0 bridgehead atoms. The van der Waals surface area contributed by atoms with Crippen LogP contribution in [0.2, 0.25) is 0 Å². The van der Waals surface area contributed by atoms with Gasteiger partial charge < -0.3 is 26.6 Å². The molecule has 2 atom stereocenters. The van der Waals surface area contributed by atoms with E-state index in [1.54, 1.807) is 0 Å². The number of halogens is 1. The second-order valence-electron chi connectivity index (χ2n) is 4.18. The minimum atomic E-state index is -0.0556. The van der Waals surface area contributed by atoms with Gasteiger partial charge in [-0.1, -0.05) is 0 Å². The molecule has 1 rings (SSSR count). The first-order valence-electron chi connectivity index (χ1n) is 4.01. The predicted octanol–water partition coefficient (Wildman–Crippen LogP) is -2.39. The molecule has 0 radical (unpaired) electrons. The van der Waals surface area contributed by atoms with Gasteiger partial charge in [0, 0.05) is 6.42 Å². The van der Waals surface area contributed by atoms with E-state index in [2.05, 4.69) is 21.1 Å². The summed E-state index contributed by atoms with van der Waals surface area (Å²) in [6, 6.07) is 0.472. The molecule has 0 spiro atoms. The molecule has 11 heavy (non-hydrogen) atoms. The van der Waals surface area contributed by atoms with Crippen molar-refractivity contribution in [3.63, 3.8) is 0 Å². The molecule has 0 aromatic carbocycles. The van der Waals surface area contributed by atoms with Crippen LogP contribution in [-0.4, -0.2) is 42.9 Å². The number of aliphatic hydroxyl groups is 1. The zero-order valence-corrected chi connectivity index (χ0v) is 9.13. The molecular weight excluding hydrogens is 206 g/mol. The van der Waals surface area contributed by atoms with E-state index < -0.39 is 0 Å². The van der Waals surface area contributed by atoms with E-state index in [9.17, 15) is 5.11 Å². The third kappa shape index (κ3) is 2.73. The Morgan fingerprint density at radius 2 is 1.73 bits per heavy atom. The van der Waals surface area contributed by atoms with Crippen molar-refractivity contribution in [2.75, 3.05) is 21.1 Å². The second-order valence-corrected chi connectivity index (χ2v) is 4.18. The molecule has 0 saturated heterocycles.